The molecule has 2 aliphatic heterocycles. The number of carbonyl (C=O) groups excluding carboxylic acids is 1. The lowest BCUT2D eigenvalue weighted by Crippen LogP contribution is -2.53. The van der Waals surface area contributed by atoms with Gasteiger partial charge >= 0.3 is 6.18 Å². The van der Waals surface area contributed by atoms with Crippen LogP contribution in [-0.4, -0.2) is 60.5 Å². The van der Waals surface area contributed by atoms with E-state index in [4.69, 9.17) is 10.7 Å². The highest BCUT2D eigenvalue weighted by molar-refractivity contribution is 8.11. The van der Waals surface area contributed by atoms with E-state index in [9.17, 15) is 31.5 Å². The van der Waals surface area contributed by atoms with Gasteiger partial charge in [0.1, 0.15) is 6.23 Å². The van der Waals surface area contributed by atoms with E-state index in [0.717, 1.165) is 16.4 Å². The van der Waals surface area contributed by atoms with E-state index in [-0.39, 0.29) is 24.9 Å². The lowest BCUT2D eigenvalue weighted by atomic mass is 9.96. The van der Waals surface area contributed by atoms with Gasteiger partial charge in [0.2, 0.25) is 5.91 Å². The number of likely N-dealkylation sites (tertiary alicyclic amines) is 1. The van der Waals surface area contributed by atoms with Gasteiger partial charge in [-0.1, -0.05) is 12.1 Å². The third kappa shape index (κ3) is 6.10. The first-order valence-corrected chi connectivity index (χ1v) is 12.3. The Kier molecular flexibility index (Phi) is 7.52. The molecule has 174 valence electrons. The molecule has 0 aliphatic carbocycles. The van der Waals surface area contributed by atoms with Crippen molar-refractivity contribution in [3.8, 4) is 0 Å². The summed E-state index contributed by atoms with van der Waals surface area (Å²) in [7, 11) is 1.56. The molecule has 0 radical (unpaired) electrons. The summed E-state index contributed by atoms with van der Waals surface area (Å²) < 4.78 is 62.3. The van der Waals surface area contributed by atoms with Crippen LogP contribution in [0.25, 0.3) is 0 Å². The summed E-state index contributed by atoms with van der Waals surface area (Å²) in [5.74, 6) is -0.695. The highest BCUT2D eigenvalue weighted by Crippen LogP contribution is 2.30. The first kappa shape index (κ1) is 24.2. The van der Waals surface area contributed by atoms with Crippen molar-refractivity contribution in [3.63, 3.8) is 0 Å². The van der Waals surface area contributed by atoms with Crippen LogP contribution in [0, 0.1) is 5.92 Å². The number of benzene rings is 1. The highest BCUT2D eigenvalue weighted by atomic mass is 35.7. The Morgan fingerprint density at radius 3 is 2.45 bits per heavy atom. The Labute approximate surface area is 183 Å². The van der Waals surface area contributed by atoms with Gasteiger partial charge in [0.15, 0.2) is 0 Å². The van der Waals surface area contributed by atoms with Crippen molar-refractivity contribution < 1.29 is 31.5 Å². The van der Waals surface area contributed by atoms with Crippen molar-refractivity contribution in [2.75, 3.05) is 19.6 Å². The maximum atomic E-state index is 12.7. The molecule has 7 nitrogen and oxygen atoms in total. The van der Waals surface area contributed by atoms with Gasteiger partial charge in [-0.25, -0.2) is 0 Å². The minimum absolute atomic E-state index is 0.0686. The smallest absolute Gasteiger partial charge is 0.378 e. The third-order valence-electron chi connectivity index (χ3n) is 5.84. The van der Waals surface area contributed by atoms with Crippen LogP contribution < -0.4 is 5.32 Å². The fourth-order valence-electron chi connectivity index (χ4n) is 4.19. The van der Waals surface area contributed by atoms with E-state index in [2.05, 4.69) is 5.32 Å². The van der Waals surface area contributed by atoms with E-state index < -0.39 is 33.2 Å². The fraction of sp³-hybridized carbons (Fsp3) is 0.632. The number of nitrogens with one attached hydrogen (secondary N) is 1. The van der Waals surface area contributed by atoms with Crippen molar-refractivity contribution in [2.24, 2.45) is 5.92 Å². The average molecular weight is 484 g/mol. The lowest BCUT2D eigenvalue weighted by Gasteiger charge is -2.38. The normalized spacial score (nSPS) is 24.8. The molecule has 3 rings (SSSR count). The maximum absolute atomic E-state index is 12.7. The number of aliphatic hydroxyl groups excluding tert-OH is 1. The molecule has 2 heterocycles. The molecule has 0 bridgehead atoms. The molecular weight excluding hydrogens is 459 g/mol. The number of hydrogen-bond acceptors (Lipinski definition) is 5. The summed E-state index contributed by atoms with van der Waals surface area (Å²) in [6.07, 6.45) is -3.02. The number of carbonyl (C=O) groups is 1. The lowest BCUT2D eigenvalue weighted by molar-refractivity contribution is -0.137. The number of alkyl halides is 3. The zero-order valence-corrected chi connectivity index (χ0v) is 18.3. The molecule has 1 unspecified atom stereocenters. The molecule has 1 aromatic carbocycles. The van der Waals surface area contributed by atoms with Crippen molar-refractivity contribution in [1.82, 2.24) is 14.5 Å². The minimum Gasteiger partial charge on any atom is -0.378 e. The first-order chi connectivity index (χ1) is 14.5. The summed E-state index contributed by atoms with van der Waals surface area (Å²) in [4.78, 5) is 14.4. The van der Waals surface area contributed by atoms with Crippen LogP contribution in [-0.2, 0) is 26.8 Å². The van der Waals surface area contributed by atoms with Crippen LogP contribution in [0.1, 0.15) is 36.8 Å². The summed E-state index contributed by atoms with van der Waals surface area (Å²) in [6, 6.07) is 3.97. The number of piperidine rings is 1. The predicted molar refractivity (Wildman–Crippen MR) is 108 cm³/mol. The third-order valence-corrected chi connectivity index (χ3v) is 7.37. The monoisotopic (exact) mass is 483 g/mol. The Morgan fingerprint density at radius 1 is 1.19 bits per heavy atom. The Hall–Kier alpha value is -1.40. The Bertz CT molecular complexity index is 882. The second kappa shape index (κ2) is 9.62. The SMILES string of the molecule is O=C(NCc1ccc(C(F)(F)F)cc1)[C@H]1CCCN1C(O)[C@H]1CCCN(S(=O)(=O)Cl)C1. The van der Waals surface area contributed by atoms with E-state index in [0.29, 0.717) is 44.3 Å². The van der Waals surface area contributed by atoms with Gasteiger partial charge in [0.05, 0.1) is 11.6 Å². The number of nitrogens with zero attached hydrogens (tertiary/aromatic N) is 2. The van der Waals surface area contributed by atoms with Gasteiger partial charge in [0.25, 0.3) is 9.24 Å². The molecular formula is C19H25ClF3N3O4S. The maximum Gasteiger partial charge on any atom is 0.416 e. The standard InChI is InChI=1S/C19H25ClF3N3O4S/c20-31(29,30)25-9-1-3-14(12-25)18(28)26-10-2-4-16(26)17(27)24-11-13-5-7-15(8-6-13)19(21,22)23/h5-8,14,16,18,28H,1-4,9-12H2,(H,24,27)/t14-,16+,18?/m0/s1. The Morgan fingerprint density at radius 2 is 1.84 bits per heavy atom. The minimum atomic E-state index is -4.42. The molecule has 2 saturated heterocycles. The van der Waals surface area contributed by atoms with Gasteiger partial charge < -0.3 is 10.4 Å². The molecule has 12 heteroatoms. The van der Waals surface area contributed by atoms with Gasteiger partial charge in [0, 0.05) is 42.8 Å². The molecule has 0 aromatic heterocycles. The molecule has 2 aliphatic rings. The number of aliphatic hydroxyl groups is 1. The number of rotatable bonds is 6. The van der Waals surface area contributed by atoms with Crippen molar-refractivity contribution in [2.45, 2.75) is 50.7 Å². The number of halogens is 4. The molecule has 1 aromatic rings. The second-order valence-electron chi connectivity index (χ2n) is 7.92. The fourth-order valence-corrected chi connectivity index (χ4v) is 5.28. The molecule has 1 amide bonds. The van der Waals surface area contributed by atoms with Crippen molar-refractivity contribution in [3.05, 3.63) is 35.4 Å². The largest absolute Gasteiger partial charge is 0.416 e. The summed E-state index contributed by atoms with van der Waals surface area (Å²) in [5.41, 5.74) is -0.227. The second-order valence-corrected chi connectivity index (χ2v) is 10.4. The van der Waals surface area contributed by atoms with Gasteiger partial charge in [-0.2, -0.15) is 25.9 Å². The Balaban J connectivity index is 1.58. The van der Waals surface area contributed by atoms with Crippen LogP contribution >= 0.6 is 10.7 Å². The van der Waals surface area contributed by atoms with Crippen LogP contribution in [0.4, 0.5) is 13.2 Å². The molecule has 3 atom stereocenters. The van der Waals surface area contributed by atoms with Crippen molar-refractivity contribution in [1.29, 1.82) is 0 Å². The zero-order valence-electron chi connectivity index (χ0n) is 16.7. The van der Waals surface area contributed by atoms with Gasteiger partial charge in [-0.3, -0.25) is 9.69 Å². The molecule has 0 spiro atoms. The number of amides is 1. The zero-order chi connectivity index (χ0) is 22.8. The first-order valence-electron chi connectivity index (χ1n) is 10.0. The summed E-state index contributed by atoms with van der Waals surface area (Å²) in [6.45, 7) is 0.943. The van der Waals surface area contributed by atoms with Gasteiger partial charge in [-0.05, 0) is 43.4 Å². The van der Waals surface area contributed by atoms with Crippen molar-refractivity contribution >= 4 is 25.8 Å². The van der Waals surface area contributed by atoms with Crippen LogP contribution in [0.3, 0.4) is 0 Å². The van der Waals surface area contributed by atoms with Crippen LogP contribution in [0.5, 0.6) is 0 Å². The van der Waals surface area contributed by atoms with E-state index in [1.807, 2.05) is 0 Å². The van der Waals surface area contributed by atoms with E-state index in [1.165, 1.54) is 12.1 Å². The molecule has 2 N–H and O–H groups in total. The quantitative estimate of drug-likeness (QED) is 0.606. The summed E-state index contributed by atoms with van der Waals surface area (Å²) >= 11 is 0. The van der Waals surface area contributed by atoms with E-state index >= 15 is 0 Å². The number of hydrogen-bond donors (Lipinski definition) is 2. The predicted octanol–water partition coefficient (Wildman–Crippen LogP) is 2.30. The molecule has 2 fully saturated rings. The van der Waals surface area contributed by atoms with Crippen LogP contribution in [0.15, 0.2) is 24.3 Å². The molecule has 31 heavy (non-hydrogen) atoms. The average Bonchev–Trinajstić information content (AvgIpc) is 3.20. The topological polar surface area (TPSA) is 90.0 Å². The van der Waals surface area contributed by atoms with E-state index in [1.54, 1.807) is 4.90 Å². The molecule has 0 saturated carbocycles. The van der Waals surface area contributed by atoms with Gasteiger partial charge in [-0.15, -0.1) is 0 Å². The highest BCUT2D eigenvalue weighted by Gasteiger charge is 2.40. The van der Waals surface area contributed by atoms with Crippen LogP contribution in [0.2, 0.25) is 0 Å². The summed E-state index contributed by atoms with van der Waals surface area (Å²) in [5, 5.41) is 13.6.